The number of nitrogens with zero attached hydrogens (tertiary/aromatic N) is 4. The predicted octanol–water partition coefficient (Wildman–Crippen LogP) is 5.48. The molecular weight excluding hydrogens is 584 g/mol. The minimum absolute atomic E-state index is 0.150. The zero-order valence-electron chi connectivity index (χ0n) is 26.6. The smallest absolute Gasteiger partial charge is 0.176 e. The molecule has 1 N–H and O–H groups in total. The Labute approximate surface area is 269 Å². The zero-order chi connectivity index (χ0) is 31.9. The third kappa shape index (κ3) is 5.01. The van der Waals surface area contributed by atoms with Crippen LogP contribution in [0.3, 0.4) is 0 Å². The molecule has 7 rings (SSSR count). The Hall–Kier alpha value is -4.06. The minimum atomic E-state index is -1.01. The lowest BCUT2D eigenvalue weighted by Crippen LogP contribution is -2.50. The van der Waals surface area contributed by atoms with Gasteiger partial charge in [-0.3, -0.25) is 0 Å². The molecule has 2 aliphatic heterocycles. The molecule has 10 heteroatoms. The monoisotopic (exact) mass is 624 g/mol. The summed E-state index contributed by atoms with van der Waals surface area (Å²) in [5.74, 6) is 0.550. The standard InChI is InChI=1S/C36H40N4O6/c1-34(2)45-29-19-20-35(31(29)46-34,40-23-37-30-32(40)38-22-39(24-42-3)33(30)41)21-44-36(25-11-7-5-8-12-25,26-13-9-6-10-14-26)27-15-17-28(43-4)18-16-27/h5-18,22-23,29,31,33,41H,19-21,24H2,1-4H3/t29-,31-,33?,35-/m1/s1. The van der Waals surface area contributed by atoms with Crippen molar-refractivity contribution in [3.63, 3.8) is 0 Å². The Morgan fingerprint density at radius 3 is 2.20 bits per heavy atom. The summed E-state index contributed by atoms with van der Waals surface area (Å²) in [6, 6.07) is 28.6. The molecule has 1 unspecified atom stereocenters. The van der Waals surface area contributed by atoms with Crippen molar-refractivity contribution < 1.29 is 28.8 Å². The first-order chi connectivity index (χ1) is 22.3. The molecule has 1 aromatic heterocycles. The van der Waals surface area contributed by atoms with E-state index in [2.05, 4.69) is 41.4 Å². The van der Waals surface area contributed by atoms with Gasteiger partial charge in [0, 0.05) is 7.11 Å². The number of aliphatic imine (C=N–C) groups is 1. The molecule has 1 saturated carbocycles. The molecule has 3 heterocycles. The van der Waals surface area contributed by atoms with Gasteiger partial charge < -0.3 is 38.3 Å². The summed E-state index contributed by atoms with van der Waals surface area (Å²) in [6.07, 6.45) is 3.29. The highest BCUT2D eigenvalue weighted by Gasteiger charge is 2.60. The number of fused-ring (bicyclic) bond motifs is 2. The molecule has 0 bridgehead atoms. The van der Waals surface area contributed by atoms with E-state index < -0.39 is 23.2 Å². The van der Waals surface area contributed by atoms with E-state index in [1.807, 2.05) is 66.9 Å². The Kier molecular flexibility index (Phi) is 7.94. The fourth-order valence-corrected chi connectivity index (χ4v) is 7.27. The van der Waals surface area contributed by atoms with Crippen molar-refractivity contribution in [2.75, 3.05) is 27.6 Å². The molecule has 0 radical (unpaired) electrons. The number of benzene rings is 3. The van der Waals surface area contributed by atoms with Crippen molar-refractivity contribution in [2.45, 2.75) is 62.1 Å². The summed E-state index contributed by atoms with van der Waals surface area (Å²) in [5.41, 5.74) is 1.62. The van der Waals surface area contributed by atoms with E-state index in [0.717, 1.165) is 28.9 Å². The van der Waals surface area contributed by atoms with Crippen molar-refractivity contribution in [3.05, 3.63) is 114 Å². The van der Waals surface area contributed by atoms with Gasteiger partial charge in [0.1, 0.15) is 29.9 Å². The van der Waals surface area contributed by atoms with Crippen LogP contribution in [0.4, 0.5) is 5.82 Å². The van der Waals surface area contributed by atoms with Crippen LogP contribution in [-0.4, -0.2) is 71.4 Å². The summed E-state index contributed by atoms with van der Waals surface area (Å²) < 4.78 is 33.4. The highest BCUT2D eigenvalue weighted by atomic mass is 16.8. The molecule has 46 heavy (non-hydrogen) atoms. The number of aliphatic hydroxyl groups is 1. The maximum absolute atomic E-state index is 11.2. The van der Waals surface area contributed by atoms with Crippen LogP contribution in [0.25, 0.3) is 0 Å². The lowest BCUT2D eigenvalue weighted by atomic mass is 9.79. The molecule has 4 aromatic rings. The quantitative estimate of drug-likeness (QED) is 0.232. The third-order valence-electron chi connectivity index (χ3n) is 9.39. The minimum Gasteiger partial charge on any atom is -0.497 e. The van der Waals surface area contributed by atoms with Gasteiger partial charge in [-0.15, -0.1) is 0 Å². The second-order valence-electron chi connectivity index (χ2n) is 12.5. The van der Waals surface area contributed by atoms with Crippen LogP contribution in [0.15, 0.2) is 96.2 Å². The molecule has 1 saturated heterocycles. The van der Waals surface area contributed by atoms with Crippen LogP contribution in [0, 0.1) is 0 Å². The lowest BCUT2D eigenvalue weighted by Gasteiger charge is -2.42. The third-order valence-corrected chi connectivity index (χ3v) is 9.39. The normalized spacial score (nSPS) is 25.0. The predicted molar refractivity (Wildman–Crippen MR) is 172 cm³/mol. The topological polar surface area (TPSA) is 99.8 Å². The Morgan fingerprint density at radius 1 is 0.913 bits per heavy atom. The molecule has 0 spiro atoms. The zero-order valence-corrected chi connectivity index (χ0v) is 26.6. The van der Waals surface area contributed by atoms with Crippen LogP contribution >= 0.6 is 0 Å². The Bertz CT molecular complexity index is 1640. The lowest BCUT2D eigenvalue weighted by molar-refractivity contribution is -0.171. The molecule has 2 fully saturated rings. The number of imidazole rings is 1. The van der Waals surface area contributed by atoms with Crippen LogP contribution in [0.2, 0.25) is 0 Å². The summed E-state index contributed by atoms with van der Waals surface area (Å²) in [4.78, 5) is 11.1. The summed E-state index contributed by atoms with van der Waals surface area (Å²) in [5, 5.41) is 11.2. The Balaban J connectivity index is 1.39. The summed E-state index contributed by atoms with van der Waals surface area (Å²) >= 11 is 0. The maximum Gasteiger partial charge on any atom is 0.176 e. The highest BCUT2D eigenvalue weighted by molar-refractivity contribution is 5.65. The van der Waals surface area contributed by atoms with Gasteiger partial charge in [0.25, 0.3) is 0 Å². The van der Waals surface area contributed by atoms with Crippen LogP contribution < -0.4 is 4.74 Å². The van der Waals surface area contributed by atoms with E-state index in [1.54, 1.807) is 31.8 Å². The van der Waals surface area contributed by atoms with Crippen LogP contribution in [0.1, 0.15) is 55.3 Å². The van der Waals surface area contributed by atoms with E-state index >= 15 is 0 Å². The van der Waals surface area contributed by atoms with Crippen LogP contribution in [0.5, 0.6) is 5.75 Å². The second-order valence-corrected chi connectivity index (χ2v) is 12.5. The van der Waals surface area contributed by atoms with Crippen molar-refractivity contribution in [1.29, 1.82) is 0 Å². The van der Waals surface area contributed by atoms with E-state index in [4.69, 9.17) is 28.7 Å². The van der Waals surface area contributed by atoms with Crippen molar-refractivity contribution in [3.8, 4) is 5.75 Å². The first kappa shape index (κ1) is 30.6. The van der Waals surface area contributed by atoms with Crippen molar-refractivity contribution in [1.82, 2.24) is 14.5 Å². The average Bonchev–Trinajstić information content (AvgIpc) is 3.76. The largest absolute Gasteiger partial charge is 0.497 e. The van der Waals surface area contributed by atoms with E-state index in [-0.39, 0.29) is 25.5 Å². The summed E-state index contributed by atoms with van der Waals surface area (Å²) in [6.45, 7) is 4.31. The second kappa shape index (κ2) is 11.9. The first-order valence-electron chi connectivity index (χ1n) is 15.6. The number of methoxy groups -OCH3 is 2. The average molecular weight is 625 g/mol. The van der Waals surface area contributed by atoms with Gasteiger partial charge in [-0.25, -0.2) is 9.98 Å². The number of rotatable bonds is 10. The van der Waals surface area contributed by atoms with Gasteiger partial charge in [0.05, 0.1) is 38.0 Å². The van der Waals surface area contributed by atoms with Crippen molar-refractivity contribution >= 4 is 12.2 Å². The van der Waals surface area contributed by atoms with Gasteiger partial charge in [0.15, 0.2) is 17.8 Å². The van der Waals surface area contributed by atoms with Gasteiger partial charge in [-0.1, -0.05) is 72.8 Å². The van der Waals surface area contributed by atoms with E-state index in [1.165, 1.54) is 0 Å². The molecule has 0 amide bonds. The molecule has 4 atom stereocenters. The maximum atomic E-state index is 11.2. The number of aliphatic hydroxyl groups excluding tert-OH is 1. The number of hydrogen-bond donors (Lipinski definition) is 1. The molecule has 1 aliphatic carbocycles. The number of ether oxygens (including phenoxy) is 5. The van der Waals surface area contributed by atoms with Gasteiger partial charge in [0.2, 0.25) is 0 Å². The number of aromatic nitrogens is 2. The van der Waals surface area contributed by atoms with Crippen molar-refractivity contribution in [2.24, 2.45) is 4.99 Å². The first-order valence-corrected chi connectivity index (χ1v) is 15.6. The summed E-state index contributed by atoms with van der Waals surface area (Å²) in [7, 11) is 3.24. The molecule has 240 valence electrons. The van der Waals surface area contributed by atoms with E-state index in [9.17, 15) is 5.11 Å². The van der Waals surface area contributed by atoms with E-state index in [0.29, 0.717) is 17.9 Å². The molecule has 3 aliphatic rings. The fourth-order valence-electron chi connectivity index (χ4n) is 7.27. The Morgan fingerprint density at radius 2 is 1.57 bits per heavy atom. The number of hydrogen-bond acceptors (Lipinski definition) is 9. The van der Waals surface area contributed by atoms with Gasteiger partial charge >= 0.3 is 0 Å². The molecular formula is C36H40N4O6. The molecule has 10 nitrogen and oxygen atoms in total. The fraction of sp³-hybridized carbons (Fsp3) is 0.389. The highest BCUT2D eigenvalue weighted by Crippen LogP contribution is 2.52. The molecule has 3 aromatic carbocycles. The van der Waals surface area contributed by atoms with Gasteiger partial charge in [-0.2, -0.15) is 0 Å². The SMILES string of the molecule is COCN1C=Nc2c(ncn2[C@@]2(COC(c3ccccc3)(c3ccccc3)c3ccc(OC)cc3)CC[C@H]3OC(C)(C)O[C@H]32)C1O. The van der Waals surface area contributed by atoms with Gasteiger partial charge in [-0.05, 0) is 55.5 Å². The van der Waals surface area contributed by atoms with Crippen LogP contribution in [-0.2, 0) is 30.1 Å².